The lowest BCUT2D eigenvalue weighted by molar-refractivity contribution is 0.395. The summed E-state index contributed by atoms with van der Waals surface area (Å²) in [6.07, 6.45) is 3.46. The van der Waals surface area contributed by atoms with Gasteiger partial charge in [0.15, 0.2) is 5.82 Å². The molecule has 2 heterocycles. The molecule has 1 aromatic rings. The van der Waals surface area contributed by atoms with Crippen LogP contribution in [0.15, 0.2) is 10.9 Å². The van der Waals surface area contributed by atoms with Crippen LogP contribution < -0.4 is 5.32 Å². The normalized spacial score (nSPS) is 23.1. The Kier molecular flexibility index (Phi) is 3.10. The summed E-state index contributed by atoms with van der Waals surface area (Å²) in [6.45, 7) is 3.27. The lowest BCUT2D eigenvalue weighted by atomic mass is 10.2. The van der Waals surface area contributed by atoms with Crippen LogP contribution in [0.2, 0.25) is 0 Å². The maximum absolute atomic E-state index is 4.66. The Morgan fingerprint density at radius 2 is 2.64 bits per heavy atom. The molecule has 5 nitrogen and oxygen atoms in total. The topological polar surface area (TPSA) is 54.2 Å². The molecule has 0 spiro atoms. The van der Waals surface area contributed by atoms with Gasteiger partial charge < -0.3 is 14.7 Å². The summed E-state index contributed by atoms with van der Waals surface area (Å²) in [5.74, 6) is 0.781. The van der Waals surface area contributed by atoms with E-state index < -0.39 is 0 Å². The summed E-state index contributed by atoms with van der Waals surface area (Å²) in [4.78, 5) is 6.31. The van der Waals surface area contributed by atoms with Crippen molar-refractivity contribution in [1.29, 1.82) is 0 Å². The lowest BCUT2D eigenvalue weighted by Gasteiger charge is -2.11. The second kappa shape index (κ2) is 4.52. The van der Waals surface area contributed by atoms with Crippen LogP contribution in [0.1, 0.15) is 12.2 Å². The van der Waals surface area contributed by atoms with Gasteiger partial charge in [0.25, 0.3) is 0 Å². The monoisotopic (exact) mass is 196 g/mol. The van der Waals surface area contributed by atoms with Crippen LogP contribution in [0, 0.1) is 0 Å². The standard InChI is InChI=1S/C9H16N4O/c1-13-5-3-8(6-13)10-4-2-9-11-7-14-12-9/h7-8,10H,2-6H2,1H3. The highest BCUT2D eigenvalue weighted by Crippen LogP contribution is 2.05. The number of hydrogen-bond donors (Lipinski definition) is 1. The molecule has 1 aromatic heterocycles. The molecule has 1 saturated heterocycles. The van der Waals surface area contributed by atoms with Crippen molar-refractivity contribution in [3.63, 3.8) is 0 Å². The Hall–Kier alpha value is -0.940. The first-order valence-corrected chi connectivity index (χ1v) is 5.02. The third kappa shape index (κ3) is 2.52. The molecular formula is C9H16N4O. The summed E-state index contributed by atoms with van der Waals surface area (Å²) in [6, 6.07) is 0.631. The summed E-state index contributed by atoms with van der Waals surface area (Å²) in [5.41, 5.74) is 0. The van der Waals surface area contributed by atoms with Crippen LogP contribution in [0.3, 0.4) is 0 Å². The summed E-state index contributed by atoms with van der Waals surface area (Å²) < 4.78 is 4.66. The van der Waals surface area contributed by atoms with Gasteiger partial charge in [0, 0.05) is 25.6 Å². The molecule has 0 bridgehead atoms. The first kappa shape index (κ1) is 9.61. The number of likely N-dealkylation sites (tertiary alicyclic amines) is 1. The zero-order chi connectivity index (χ0) is 9.80. The van der Waals surface area contributed by atoms with E-state index in [4.69, 9.17) is 0 Å². The number of likely N-dealkylation sites (N-methyl/N-ethyl adjacent to an activating group) is 1. The number of hydrogen-bond acceptors (Lipinski definition) is 5. The van der Waals surface area contributed by atoms with Crippen molar-refractivity contribution < 1.29 is 4.52 Å². The van der Waals surface area contributed by atoms with Crippen molar-refractivity contribution in [2.45, 2.75) is 18.9 Å². The van der Waals surface area contributed by atoms with Crippen LogP contribution >= 0.6 is 0 Å². The Bertz CT molecular complexity index is 262. The zero-order valence-electron chi connectivity index (χ0n) is 8.44. The van der Waals surface area contributed by atoms with Crippen molar-refractivity contribution in [2.24, 2.45) is 0 Å². The van der Waals surface area contributed by atoms with E-state index in [2.05, 4.69) is 31.9 Å². The van der Waals surface area contributed by atoms with Gasteiger partial charge in [-0.1, -0.05) is 5.16 Å². The molecule has 78 valence electrons. The van der Waals surface area contributed by atoms with Crippen molar-refractivity contribution in [2.75, 3.05) is 26.7 Å². The van der Waals surface area contributed by atoms with Crippen LogP contribution in [-0.4, -0.2) is 47.8 Å². The van der Waals surface area contributed by atoms with E-state index in [9.17, 15) is 0 Å². The molecule has 0 radical (unpaired) electrons. The van der Waals surface area contributed by atoms with Crippen LogP contribution in [0.25, 0.3) is 0 Å². The molecule has 1 fully saturated rings. The smallest absolute Gasteiger partial charge is 0.213 e. The van der Waals surface area contributed by atoms with Gasteiger partial charge in [-0.15, -0.1) is 0 Å². The van der Waals surface area contributed by atoms with Crippen molar-refractivity contribution >= 4 is 0 Å². The summed E-state index contributed by atoms with van der Waals surface area (Å²) >= 11 is 0. The first-order chi connectivity index (χ1) is 6.84. The Morgan fingerprint density at radius 1 is 1.71 bits per heavy atom. The highest BCUT2D eigenvalue weighted by molar-refractivity contribution is 4.83. The molecule has 1 aliphatic rings. The minimum absolute atomic E-state index is 0.631. The molecule has 2 rings (SSSR count). The Balaban J connectivity index is 1.64. The number of nitrogens with zero attached hydrogens (tertiary/aromatic N) is 3. The van der Waals surface area contributed by atoms with E-state index in [-0.39, 0.29) is 0 Å². The Morgan fingerprint density at radius 3 is 3.29 bits per heavy atom. The highest BCUT2D eigenvalue weighted by atomic mass is 16.5. The second-order valence-corrected chi connectivity index (χ2v) is 3.80. The molecule has 1 N–H and O–H groups in total. The maximum atomic E-state index is 4.66. The number of aromatic nitrogens is 2. The van der Waals surface area contributed by atoms with Crippen molar-refractivity contribution in [3.8, 4) is 0 Å². The quantitative estimate of drug-likeness (QED) is 0.729. The molecule has 1 unspecified atom stereocenters. The molecule has 0 aromatic carbocycles. The van der Waals surface area contributed by atoms with E-state index in [1.54, 1.807) is 0 Å². The average Bonchev–Trinajstić information content (AvgIpc) is 2.77. The molecular weight excluding hydrogens is 180 g/mol. The third-order valence-electron chi connectivity index (χ3n) is 2.58. The van der Waals surface area contributed by atoms with Crippen molar-refractivity contribution in [3.05, 3.63) is 12.2 Å². The molecule has 1 atom stereocenters. The van der Waals surface area contributed by atoms with Crippen LogP contribution in [-0.2, 0) is 6.42 Å². The van der Waals surface area contributed by atoms with Crippen molar-refractivity contribution in [1.82, 2.24) is 20.4 Å². The zero-order valence-corrected chi connectivity index (χ0v) is 8.44. The van der Waals surface area contributed by atoms with Gasteiger partial charge >= 0.3 is 0 Å². The fraction of sp³-hybridized carbons (Fsp3) is 0.778. The highest BCUT2D eigenvalue weighted by Gasteiger charge is 2.18. The van der Waals surface area contributed by atoms with Gasteiger partial charge in [-0.2, -0.15) is 4.98 Å². The van der Waals surface area contributed by atoms with E-state index in [1.165, 1.54) is 19.4 Å². The molecule has 0 saturated carbocycles. The molecule has 1 aliphatic heterocycles. The minimum atomic E-state index is 0.631. The lowest BCUT2D eigenvalue weighted by Crippen LogP contribution is -2.33. The van der Waals surface area contributed by atoms with Gasteiger partial charge in [0.2, 0.25) is 6.39 Å². The number of rotatable bonds is 4. The van der Waals surface area contributed by atoms with E-state index in [0.717, 1.165) is 25.3 Å². The maximum Gasteiger partial charge on any atom is 0.213 e. The molecule has 0 amide bonds. The molecule has 5 heteroatoms. The fourth-order valence-corrected chi connectivity index (χ4v) is 1.79. The second-order valence-electron chi connectivity index (χ2n) is 3.80. The van der Waals surface area contributed by atoms with Crippen LogP contribution in [0.5, 0.6) is 0 Å². The number of nitrogens with one attached hydrogen (secondary N) is 1. The van der Waals surface area contributed by atoms with Gasteiger partial charge in [0.1, 0.15) is 0 Å². The third-order valence-corrected chi connectivity index (χ3v) is 2.58. The first-order valence-electron chi connectivity index (χ1n) is 5.02. The molecule has 0 aliphatic carbocycles. The fourth-order valence-electron chi connectivity index (χ4n) is 1.79. The largest absolute Gasteiger partial charge is 0.343 e. The predicted octanol–water partition coefficient (Wildman–Crippen LogP) is -0.0942. The van der Waals surface area contributed by atoms with Crippen LogP contribution in [0.4, 0.5) is 0 Å². The van der Waals surface area contributed by atoms with Gasteiger partial charge in [0.05, 0.1) is 0 Å². The summed E-state index contributed by atoms with van der Waals surface area (Å²) in [5, 5.41) is 7.25. The van der Waals surface area contributed by atoms with Gasteiger partial charge in [-0.25, -0.2) is 0 Å². The van der Waals surface area contributed by atoms with Gasteiger partial charge in [-0.05, 0) is 20.0 Å². The predicted molar refractivity (Wildman–Crippen MR) is 51.9 cm³/mol. The van der Waals surface area contributed by atoms with E-state index >= 15 is 0 Å². The van der Waals surface area contributed by atoms with E-state index in [1.807, 2.05) is 0 Å². The van der Waals surface area contributed by atoms with Gasteiger partial charge in [-0.3, -0.25) is 0 Å². The van der Waals surface area contributed by atoms with E-state index in [0.29, 0.717) is 6.04 Å². The minimum Gasteiger partial charge on any atom is -0.343 e. The SMILES string of the molecule is CN1CCC(NCCc2ncon2)C1. The summed E-state index contributed by atoms with van der Waals surface area (Å²) in [7, 11) is 2.15. The average molecular weight is 196 g/mol. The molecule has 14 heavy (non-hydrogen) atoms. The Labute approximate surface area is 83.5 Å².